The van der Waals surface area contributed by atoms with Crippen LogP contribution in [0.25, 0.3) is 0 Å². The third kappa shape index (κ3) is 4.35. The molecular weight excluding hydrogens is 232 g/mol. The summed E-state index contributed by atoms with van der Waals surface area (Å²) >= 11 is 0. The van der Waals surface area contributed by atoms with Crippen LogP contribution in [-0.4, -0.2) is 32.5 Å². The molecule has 1 atom stereocenters. The van der Waals surface area contributed by atoms with Gasteiger partial charge in [-0.3, -0.25) is 4.79 Å². The fourth-order valence-electron chi connectivity index (χ4n) is 1.76. The van der Waals surface area contributed by atoms with Crippen molar-refractivity contribution >= 4 is 11.6 Å². The number of ether oxygens (including phenoxy) is 2. The lowest BCUT2D eigenvalue weighted by Crippen LogP contribution is -2.33. The molecule has 0 aromatic heterocycles. The van der Waals surface area contributed by atoms with Gasteiger partial charge in [0.2, 0.25) is 5.91 Å². The minimum absolute atomic E-state index is 0.0157. The van der Waals surface area contributed by atoms with E-state index in [1.807, 2.05) is 31.2 Å². The predicted molar refractivity (Wildman–Crippen MR) is 70.2 cm³/mol. The third-order valence-corrected chi connectivity index (χ3v) is 2.60. The molecule has 0 aliphatic carbocycles. The Morgan fingerprint density at radius 2 is 1.83 bits per heavy atom. The summed E-state index contributed by atoms with van der Waals surface area (Å²) in [4.78, 5) is 10.8. The zero-order valence-electron chi connectivity index (χ0n) is 11.0. The summed E-state index contributed by atoms with van der Waals surface area (Å²) in [6, 6.07) is 7.55. The molecule has 0 fully saturated rings. The van der Waals surface area contributed by atoms with Crippen LogP contribution in [-0.2, 0) is 20.7 Å². The van der Waals surface area contributed by atoms with Crippen molar-refractivity contribution in [2.24, 2.45) is 5.73 Å². The smallest absolute Gasteiger partial charge is 0.221 e. The van der Waals surface area contributed by atoms with Crippen LogP contribution < -0.4 is 11.1 Å². The number of carbonyl (C=O) groups excluding carboxylic acids is 1. The third-order valence-electron chi connectivity index (χ3n) is 2.60. The van der Waals surface area contributed by atoms with Gasteiger partial charge in [0.1, 0.15) is 0 Å². The standard InChI is InChI=1S/C13H20N2O3/c1-9(13(17-2)18-3)15-11-6-4-10(5-7-11)8-12(14)16/h4-7,9,13,15H,8H2,1-3H3,(H2,14,16). The van der Waals surface area contributed by atoms with Crippen LogP contribution in [0, 0.1) is 0 Å². The second-order valence-electron chi connectivity index (χ2n) is 4.11. The number of hydrogen-bond acceptors (Lipinski definition) is 4. The first-order valence-corrected chi connectivity index (χ1v) is 5.76. The topological polar surface area (TPSA) is 73.6 Å². The number of methoxy groups -OCH3 is 2. The van der Waals surface area contributed by atoms with Gasteiger partial charge in [0.15, 0.2) is 6.29 Å². The molecule has 1 unspecified atom stereocenters. The van der Waals surface area contributed by atoms with Gasteiger partial charge in [-0.25, -0.2) is 0 Å². The molecule has 3 N–H and O–H groups in total. The molecule has 5 heteroatoms. The molecule has 0 aliphatic heterocycles. The summed E-state index contributed by atoms with van der Waals surface area (Å²) in [6.07, 6.45) is -0.0514. The zero-order chi connectivity index (χ0) is 13.5. The minimum atomic E-state index is -0.331. The van der Waals surface area contributed by atoms with Crippen molar-refractivity contribution in [3.8, 4) is 0 Å². The Labute approximate surface area is 107 Å². The number of nitrogens with one attached hydrogen (secondary N) is 1. The van der Waals surface area contributed by atoms with Gasteiger partial charge in [-0.2, -0.15) is 0 Å². The van der Waals surface area contributed by atoms with Crippen LogP contribution in [0.1, 0.15) is 12.5 Å². The van der Waals surface area contributed by atoms with Crippen LogP contribution in [0.4, 0.5) is 5.69 Å². The molecule has 100 valence electrons. The zero-order valence-corrected chi connectivity index (χ0v) is 11.0. The number of carbonyl (C=O) groups is 1. The summed E-state index contributed by atoms with van der Waals surface area (Å²) in [6.45, 7) is 1.97. The second kappa shape index (κ2) is 6.98. The first-order chi connectivity index (χ1) is 8.56. The molecule has 0 saturated carbocycles. The summed E-state index contributed by atoms with van der Waals surface area (Å²) in [5.41, 5.74) is 6.97. The van der Waals surface area contributed by atoms with E-state index in [1.165, 1.54) is 0 Å². The van der Waals surface area contributed by atoms with Crippen molar-refractivity contribution in [3.63, 3.8) is 0 Å². The first-order valence-electron chi connectivity index (χ1n) is 5.76. The van der Waals surface area contributed by atoms with E-state index in [1.54, 1.807) is 14.2 Å². The molecule has 0 heterocycles. The average molecular weight is 252 g/mol. The summed E-state index contributed by atoms with van der Waals surface area (Å²) in [5.74, 6) is -0.331. The molecule has 18 heavy (non-hydrogen) atoms. The van der Waals surface area contributed by atoms with E-state index in [0.717, 1.165) is 11.3 Å². The number of amides is 1. The molecule has 5 nitrogen and oxygen atoms in total. The molecule has 1 aromatic carbocycles. The highest BCUT2D eigenvalue weighted by Crippen LogP contribution is 2.13. The second-order valence-corrected chi connectivity index (χ2v) is 4.11. The molecule has 0 bridgehead atoms. The van der Waals surface area contributed by atoms with Crippen LogP contribution in [0.15, 0.2) is 24.3 Å². The maximum atomic E-state index is 10.8. The van der Waals surface area contributed by atoms with Crippen LogP contribution in [0.3, 0.4) is 0 Å². The quantitative estimate of drug-likeness (QED) is 0.714. The highest BCUT2D eigenvalue weighted by molar-refractivity contribution is 5.76. The Morgan fingerprint density at radius 3 is 2.28 bits per heavy atom. The fourth-order valence-corrected chi connectivity index (χ4v) is 1.76. The highest BCUT2D eigenvalue weighted by Gasteiger charge is 2.15. The van der Waals surface area contributed by atoms with Gasteiger partial charge in [-0.1, -0.05) is 12.1 Å². The molecule has 1 amide bonds. The predicted octanol–water partition coefficient (Wildman–Crippen LogP) is 1.13. The Morgan fingerprint density at radius 1 is 1.28 bits per heavy atom. The van der Waals surface area contributed by atoms with Crippen molar-refractivity contribution in [1.29, 1.82) is 0 Å². The van der Waals surface area contributed by atoms with Crippen molar-refractivity contribution in [2.75, 3.05) is 19.5 Å². The number of primary amides is 1. The minimum Gasteiger partial charge on any atom is -0.377 e. The van der Waals surface area contributed by atoms with E-state index < -0.39 is 0 Å². The van der Waals surface area contributed by atoms with E-state index in [2.05, 4.69) is 5.32 Å². The molecule has 0 aliphatic rings. The SMILES string of the molecule is COC(OC)C(C)Nc1ccc(CC(N)=O)cc1. The highest BCUT2D eigenvalue weighted by atomic mass is 16.7. The molecule has 1 rings (SSSR count). The molecule has 0 radical (unpaired) electrons. The maximum absolute atomic E-state index is 10.8. The van der Waals surface area contributed by atoms with E-state index in [0.29, 0.717) is 0 Å². The molecule has 0 saturated heterocycles. The Hall–Kier alpha value is -1.59. The van der Waals surface area contributed by atoms with Gasteiger partial charge in [-0.15, -0.1) is 0 Å². The fraction of sp³-hybridized carbons (Fsp3) is 0.462. The van der Waals surface area contributed by atoms with Gasteiger partial charge in [0.05, 0.1) is 12.5 Å². The maximum Gasteiger partial charge on any atom is 0.221 e. The Bertz CT molecular complexity index is 374. The van der Waals surface area contributed by atoms with Crippen LogP contribution >= 0.6 is 0 Å². The monoisotopic (exact) mass is 252 g/mol. The Balaban J connectivity index is 2.60. The largest absolute Gasteiger partial charge is 0.377 e. The van der Waals surface area contributed by atoms with Gasteiger partial charge < -0.3 is 20.5 Å². The number of rotatable bonds is 7. The van der Waals surface area contributed by atoms with E-state index in [-0.39, 0.29) is 24.7 Å². The lowest BCUT2D eigenvalue weighted by Gasteiger charge is -2.23. The molecule has 0 spiro atoms. The van der Waals surface area contributed by atoms with Gasteiger partial charge >= 0.3 is 0 Å². The van der Waals surface area contributed by atoms with Gasteiger partial charge in [0, 0.05) is 19.9 Å². The summed E-state index contributed by atoms with van der Waals surface area (Å²) in [5, 5.41) is 3.26. The van der Waals surface area contributed by atoms with Gasteiger partial charge in [-0.05, 0) is 24.6 Å². The average Bonchev–Trinajstić information content (AvgIpc) is 2.32. The number of hydrogen-bond donors (Lipinski definition) is 2. The lowest BCUT2D eigenvalue weighted by atomic mass is 10.1. The van der Waals surface area contributed by atoms with Crippen molar-refractivity contribution in [1.82, 2.24) is 0 Å². The van der Waals surface area contributed by atoms with Crippen molar-refractivity contribution < 1.29 is 14.3 Å². The van der Waals surface area contributed by atoms with Crippen molar-refractivity contribution in [2.45, 2.75) is 25.7 Å². The number of benzene rings is 1. The summed E-state index contributed by atoms with van der Waals surface area (Å²) < 4.78 is 10.3. The van der Waals surface area contributed by atoms with Crippen molar-refractivity contribution in [3.05, 3.63) is 29.8 Å². The number of anilines is 1. The molecule has 1 aromatic rings. The Kier molecular flexibility index (Phi) is 5.61. The first kappa shape index (κ1) is 14.5. The van der Waals surface area contributed by atoms with E-state index >= 15 is 0 Å². The van der Waals surface area contributed by atoms with Gasteiger partial charge in [0.25, 0.3) is 0 Å². The molecular formula is C13H20N2O3. The van der Waals surface area contributed by atoms with Crippen LogP contribution in [0.2, 0.25) is 0 Å². The summed E-state index contributed by atoms with van der Waals surface area (Å²) in [7, 11) is 3.20. The number of nitrogens with two attached hydrogens (primary N) is 1. The van der Waals surface area contributed by atoms with E-state index in [4.69, 9.17) is 15.2 Å². The normalized spacial score (nSPS) is 12.4. The van der Waals surface area contributed by atoms with E-state index in [9.17, 15) is 4.79 Å². The van der Waals surface area contributed by atoms with Crippen LogP contribution in [0.5, 0.6) is 0 Å². The lowest BCUT2D eigenvalue weighted by molar-refractivity contribution is -0.117.